The van der Waals surface area contributed by atoms with Crippen LogP contribution in [0.25, 0.3) is 0 Å². The zero-order valence-electron chi connectivity index (χ0n) is 24.2. The minimum absolute atomic E-state index is 0.0497. The number of cyclic esters (lactones) is 1. The number of aliphatic hydroxyl groups is 5. The fourth-order valence-electron chi connectivity index (χ4n) is 10.9. The Hall–Kier alpha value is -0.960. The van der Waals surface area contributed by atoms with Crippen LogP contribution in [0.5, 0.6) is 0 Å². The SMILES string of the molecule is C[C@@H]1O[C@@H](O[C@H]2C[C@H]3OP4(=O)OC[C@@]35[C@H]3[C@H](O)C[C@]6(C)[C@@H](C7=CC(=O)OC7)CC[C@]6(O)[C@@H]3CC[C@@]5(C2)O4)[C@H](O)[C@H](O)[C@H]1O. The first-order chi connectivity index (χ1) is 20.3. The van der Waals surface area contributed by atoms with Gasteiger partial charge in [0.05, 0.1) is 47.6 Å². The molecule has 14 heteroatoms. The van der Waals surface area contributed by atoms with Crippen LogP contribution in [-0.2, 0) is 37.1 Å². The highest BCUT2D eigenvalue weighted by Gasteiger charge is 2.81. The first kappa shape index (κ1) is 29.4. The third-order valence-electron chi connectivity index (χ3n) is 12.8. The molecule has 0 radical (unpaired) electrons. The van der Waals surface area contributed by atoms with E-state index in [0.717, 1.165) is 5.57 Å². The van der Waals surface area contributed by atoms with Gasteiger partial charge in [0.1, 0.15) is 24.9 Å². The maximum absolute atomic E-state index is 13.5. The molecule has 240 valence electrons. The Morgan fingerprint density at radius 1 is 1.07 bits per heavy atom. The van der Waals surface area contributed by atoms with Crippen LogP contribution < -0.4 is 0 Å². The number of rotatable bonds is 3. The van der Waals surface area contributed by atoms with E-state index in [-0.39, 0.29) is 43.9 Å². The summed E-state index contributed by atoms with van der Waals surface area (Å²) in [5.41, 5.74) is -2.93. The number of aliphatic hydroxyl groups excluding tert-OH is 4. The summed E-state index contributed by atoms with van der Waals surface area (Å²) in [6, 6.07) is 0. The topological polar surface area (TPSA) is 191 Å². The summed E-state index contributed by atoms with van der Waals surface area (Å²) in [4.78, 5) is 11.9. The molecular weight excluding hydrogens is 587 g/mol. The lowest BCUT2D eigenvalue weighted by atomic mass is 9.40. The molecule has 16 atom stereocenters. The fourth-order valence-corrected chi connectivity index (χ4v) is 12.8. The Balaban J connectivity index is 1.12. The summed E-state index contributed by atoms with van der Waals surface area (Å²) in [6.45, 7) is 3.85. The van der Waals surface area contributed by atoms with E-state index in [1.54, 1.807) is 6.92 Å². The summed E-state index contributed by atoms with van der Waals surface area (Å²) >= 11 is 0. The lowest BCUT2D eigenvalue weighted by molar-refractivity contribution is -0.361. The van der Waals surface area contributed by atoms with Crippen molar-refractivity contribution in [2.75, 3.05) is 13.2 Å². The normalized spacial score (nSPS) is 60.5. The van der Waals surface area contributed by atoms with E-state index >= 15 is 0 Å². The van der Waals surface area contributed by atoms with Gasteiger partial charge < -0.3 is 39.7 Å². The molecule has 0 aromatic rings. The van der Waals surface area contributed by atoms with Gasteiger partial charge in [0.25, 0.3) is 0 Å². The van der Waals surface area contributed by atoms with E-state index in [2.05, 4.69) is 0 Å². The van der Waals surface area contributed by atoms with Crippen LogP contribution >= 0.6 is 7.82 Å². The van der Waals surface area contributed by atoms with Gasteiger partial charge in [-0.3, -0.25) is 13.6 Å². The summed E-state index contributed by atoms with van der Waals surface area (Å²) < 4.78 is 48.8. The Bertz CT molecular complexity index is 1290. The van der Waals surface area contributed by atoms with Gasteiger partial charge in [-0.15, -0.1) is 0 Å². The fraction of sp³-hybridized carbons (Fsp3) is 0.897. The molecule has 0 aromatic heterocycles. The predicted molar refractivity (Wildman–Crippen MR) is 143 cm³/mol. The minimum atomic E-state index is -3.88. The Labute approximate surface area is 249 Å². The van der Waals surface area contributed by atoms with Crippen LogP contribution in [0.15, 0.2) is 11.6 Å². The van der Waals surface area contributed by atoms with Crippen LogP contribution in [0.3, 0.4) is 0 Å². The summed E-state index contributed by atoms with van der Waals surface area (Å²) in [7, 11) is -3.88. The van der Waals surface area contributed by atoms with Gasteiger partial charge in [0.15, 0.2) is 6.29 Å². The van der Waals surface area contributed by atoms with Gasteiger partial charge in [-0.2, -0.15) is 0 Å². The molecule has 8 fully saturated rings. The van der Waals surface area contributed by atoms with Gasteiger partial charge in [0, 0.05) is 30.3 Å². The first-order valence-electron chi connectivity index (χ1n) is 15.5. The number of carbonyl (C=O) groups excluding carboxylic acids is 1. The molecule has 4 saturated heterocycles. The van der Waals surface area contributed by atoms with Gasteiger partial charge in [-0.25, -0.2) is 9.36 Å². The van der Waals surface area contributed by atoms with Crippen molar-refractivity contribution in [2.24, 2.45) is 28.6 Å². The number of ether oxygens (including phenoxy) is 3. The van der Waals surface area contributed by atoms with Crippen molar-refractivity contribution in [2.45, 2.75) is 119 Å². The minimum Gasteiger partial charge on any atom is -0.458 e. The Morgan fingerprint density at radius 2 is 1.86 bits per heavy atom. The molecule has 5 aliphatic heterocycles. The van der Waals surface area contributed by atoms with Crippen LogP contribution in [0.1, 0.15) is 58.8 Å². The van der Waals surface area contributed by atoms with Crippen LogP contribution in [0.2, 0.25) is 0 Å². The van der Waals surface area contributed by atoms with Gasteiger partial charge in [0.2, 0.25) is 0 Å². The standard InChI is InChI=1S/C29H41O13P/c1-13-22(32)23(33)24(34)25(39-13)40-15-8-19-28-12-38-43(36,41-19)42-27(28,9-15)5-3-17-21(28)18(30)10-26(2)16(4-6-29(17,26)35)14-7-20(31)37-11-14/h7,13,15-19,21-25,30,32-35H,3-6,8-12H2,1-2H3/t13-,15-,16+,17+,18+,19+,21+,22-,23+,24+,25-,26+,27-,28-,29-,43?/m0/s1. The summed E-state index contributed by atoms with van der Waals surface area (Å²) in [5.74, 6) is -1.30. The molecule has 9 aliphatic rings. The van der Waals surface area contributed by atoms with E-state index in [1.807, 2.05) is 6.92 Å². The molecule has 4 saturated carbocycles. The summed E-state index contributed by atoms with van der Waals surface area (Å²) in [5, 5.41) is 55.7. The van der Waals surface area contributed by atoms with Crippen molar-refractivity contribution in [3.05, 3.63) is 11.6 Å². The second-order valence-electron chi connectivity index (χ2n) is 14.5. The highest BCUT2D eigenvalue weighted by Crippen LogP contribution is 2.80. The quantitative estimate of drug-likeness (QED) is 0.167. The van der Waals surface area contributed by atoms with Gasteiger partial charge in [-0.05, 0) is 56.4 Å². The predicted octanol–water partition coefficient (Wildman–Crippen LogP) is 0.693. The number of phosphoric acid groups is 1. The third kappa shape index (κ3) is 3.70. The van der Waals surface area contributed by atoms with Gasteiger partial charge in [-0.1, -0.05) is 6.92 Å². The van der Waals surface area contributed by atoms with Gasteiger partial charge >= 0.3 is 13.8 Å². The van der Waals surface area contributed by atoms with Crippen molar-refractivity contribution >= 4 is 13.8 Å². The zero-order valence-corrected chi connectivity index (χ0v) is 25.1. The number of phosphoric ester groups is 1. The molecule has 13 nitrogen and oxygen atoms in total. The second-order valence-corrected chi connectivity index (χ2v) is 16.1. The first-order valence-corrected chi connectivity index (χ1v) is 17.0. The van der Waals surface area contributed by atoms with E-state index in [0.29, 0.717) is 32.1 Å². The molecule has 1 unspecified atom stereocenters. The average molecular weight is 629 g/mol. The van der Waals surface area contributed by atoms with E-state index in [4.69, 9.17) is 27.8 Å². The van der Waals surface area contributed by atoms with Crippen molar-refractivity contribution in [3.63, 3.8) is 0 Å². The maximum atomic E-state index is 13.5. The van der Waals surface area contributed by atoms with Crippen molar-refractivity contribution in [1.29, 1.82) is 0 Å². The second kappa shape index (κ2) is 9.32. The Kier molecular flexibility index (Phi) is 6.38. The molecule has 4 bridgehead atoms. The van der Waals surface area contributed by atoms with Crippen LogP contribution in [0.4, 0.5) is 0 Å². The number of hydrogen-bond donors (Lipinski definition) is 5. The van der Waals surface area contributed by atoms with Crippen molar-refractivity contribution in [3.8, 4) is 0 Å². The highest BCUT2D eigenvalue weighted by molar-refractivity contribution is 7.48. The Morgan fingerprint density at radius 3 is 2.60 bits per heavy atom. The van der Waals surface area contributed by atoms with Crippen molar-refractivity contribution in [1.82, 2.24) is 0 Å². The number of hydrogen-bond acceptors (Lipinski definition) is 13. The van der Waals surface area contributed by atoms with E-state index < -0.39 is 84.8 Å². The largest absolute Gasteiger partial charge is 0.475 e. The molecule has 9 rings (SSSR count). The lowest BCUT2D eigenvalue weighted by Gasteiger charge is -2.73. The number of fused-ring (bicyclic) bond motifs is 4. The number of esters is 1. The van der Waals surface area contributed by atoms with E-state index in [9.17, 15) is 34.9 Å². The maximum Gasteiger partial charge on any atom is 0.475 e. The van der Waals surface area contributed by atoms with Crippen molar-refractivity contribution < 1.29 is 62.7 Å². The molecular formula is C29H41O13P. The number of carbonyl (C=O) groups is 1. The molecule has 5 heterocycles. The lowest BCUT2D eigenvalue weighted by Crippen LogP contribution is -2.79. The molecule has 5 N–H and O–H groups in total. The van der Waals surface area contributed by atoms with Crippen LogP contribution in [0, 0.1) is 28.6 Å². The third-order valence-corrected chi connectivity index (χ3v) is 14.4. The molecule has 4 aliphatic carbocycles. The monoisotopic (exact) mass is 628 g/mol. The molecule has 43 heavy (non-hydrogen) atoms. The molecule has 0 amide bonds. The molecule has 0 aromatic carbocycles. The smallest absolute Gasteiger partial charge is 0.458 e. The average Bonchev–Trinajstić information content (AvgIpc) is 3.48. The van der Waals surface area contributed by atoms with E-state index in [1.165, 1.54) is 6.08 Å². The van der Waals surface area contributed by atoms with Crippen LogP contribution in [-0.4, -0.2) is 105 Å². The summed E-state index contributed by atoms with van der Waals surface area (Å²) in [6.07, 6.45) is -3.85. The zero-order chi connectivity index (χ0) is 30.3. The highest BCUT2D eigenvalue weighted by atomic mass is 31.2. The molecule has 1 spiro atoms.